The number of carbonyl (C=O) groups excluding carboxylic acids is 2. The first-order chi connectivity index (χ1) is 7.24. The van der Waals surface area contributed by atoms with Crippen LogP contribution >= 0.6 is 0 Å². The lowest BCUT2D eigenvalue weighted by molar-refractivity contribution is -0.121. The second-order valence-corrected chi connectivity index (χ2v) is 3.16. The summed E-state index contributed by atoms with van der Waals surface area (Å²) in [7, 11) is 1.83. The van der Waals surface area contributed by atoms with E-state index in [1.165, 1.54) is 0 Å². The second-order valence-electron chi connectivity index (χ2n) is 3.16. The van der Waals surface area contributed by atoms with Crippen molar-refractivity contribution in [3.8, 4) is 0 Å². The molecule has 0 heterocycles. The summed E-state index contributed by atoms with van der Waals surface area (Å²) < 4.78 is 0. The summed E-state index contributed by atoms with van der Waals surface area (Å²) in [5.41, 5.74) is 0.971. The van der Waals surface area contributed by atoms with E-state index >= 15 is 0 Å². The topological polar surface area (TPSA) is 49.4 Å². The number of nitrogens with zero attached hydrogens (tertiary/aromatic N) is 1. The van der Waals surface area contributed by atoms with Gasteiger partial charge in [0.05, 0.1) is 13.1 Å². The number of hydrogen-bond acceptors (Lipinski definition) is 3. The van der Waals surface area contributed by atoms with Crippen molar-refractivity contribution >= 4 is 17.9 Å². The van der Waals surface area contributed by atoms with Crippen molar-refractivity contribution in [3.05, 3.63) is 30.3 Å². The van der Waals surface area contributed by atoms with Crippen LogP contribution in [0, 0.1) is 0 Å². The predicted molar refractivity (Wildman–Crippen MR) is 58.8 cm³/mol. The third-order valence-electron chi connectivity index (χ3n) is 1.96. The number of rotatable bonds is 5. The molecular formula is C11H14N2O2. The van der Waals surface area contributed by atoms with E-state index < -0.39 is 0 Å². The van der Waals surface area contributed by atoms with Crippen LogP contribution in [0.1, 0.15) is 0 Å². The quantitative estimate of drug-likeness (QED) is 0.711. The molecule has 0 radical (unpaired) electrons. The average molecular weight is 206 g/mol. The molecule has 0 fully saturated rings. The van der Waals surface area contributed by atoms with Crippen LogP contribution in [-0.4, -0.2) is 32.3 Å². The van der Waals surface area contributed by atoms with E-state index in [0.717, 1.165) is 5.69 Å². The zero-order valence-electron chi connectivity index (χ0n) is 8.64. The number of hydrogen-bond donors (Lipinski definition) is 1. The Morgan fingerprint density at radius 2 is 2.07 bits per heavy atom. The van der Waals surface area contributed by atoms with Crippen molar-refractivity contribution < 1.29 is 9.59 Å². The van der Waals surface area contributed by atoms with Gasteiger partial charge in [-0.25, -0.2) is 0 Å². The smallest absolute Gasteiger partial charge is 0.239 e. The van der Waals surface area contributed by atoms with Gasteiger partial charge in [0.2, 0.25) is 5.91 Å². The van der Waals surface area contributed by atoms with Crippen molar-refractivity contribution in [3.63, 3.8) is 0 Å². The molecule has 0 saturated carbocycles. The third kappa shape index (κ3) is 3.81. The molecule has 0 unspecified atom stereocenters. The van der Waals surface area contributed by atoms with Gasteiger partial charge in [0.1, 0.15) is 6.29 Å². The predicted octanol–water partition coefficient (Wildman–Crippen LogP) is 0.438. The minimum atomic E-state index is -0.159. The Bertz CT molecular complexity index is 325. The van der Waals surface area contributed by atoms with Crippen LogP contribution in [0.5, 0.6) is 0 Å². The highest BCUT2D eigenvalue weighted by Crippen LogP contribution is 2.09. The largest absolute Gasteiger partial charge is 0.365 e. The number of likely N-dealkylation sites (N-methyl/N-ethyl adjacent to an activating group) is 1. The first-order valence-electron chi connectivity index (χ1n) is 4.70. The SMILES string of the molecule is CN(CC(=O)NCC=O)c1ccccc1. The number of para-hydroxylation sites is 1. The maximum atomic E-state index is 11.3. The van der Waals surface area contributed by atoms with Gasteiger partial charge >= 0.3 is 0 Å². The van der Waals surface area contributed by atoms with Crippen molar-refractivity contribution in [2.45, 2.75) is 0 Å². The fourth-order valence-electron chi connectivity index (χ4n) is 1.20. The van der Waals surface area contributed by atoms with Crippen LogP contribution in [0.15, 0.2) is 30.3 Å². The highest BCUT2D eigenvalue weighted by molar-refractivity contribution is 5.82. The lowest BCUT2D eigenvalue weighted by Gasteiger charge is -2.18. The van der Waals surface area contributed by atoms with E-state index in [2.05, 4.69) is 5.32 Å². The molecule has 0 aliphatic rings. The maximum absolute atomic E-state index is 11.3. The van der Waals surface area contributed by atoms with E-state index in [-0.39, 0.29) is 19.0 Å². The van der Waals surface area contributed by atoms with Crippen LogP contribution in [0.4, 0.5) is 5.69 Å². The van der Waals surface area contributed by atoms with Gasteiger partial charge in [0, 0.05) is 12.7 Å². The van der Waals surface area contributed by atoms with Crippen molar-refractivity contribution in [2.75, 3.05) is 25.0 Å². The van der Waals surface area contributed by atoms with E-state index in [9.17, 15) is 9.59 Å². The summed E-state index contributed by atoms with van der Waals surface area (Å²) in [5.74, 6) is -0.159. The maximum Gasteiger partial charge on any atom is 0.239 e. The van der Waals surface area contributed by atoms with E-state index in [1.807, 2.05) is 42.3 Å². The summed E-state index contributed by atoms with van der Waals surface area (Å²) in [6, 6.07) is 9.59. The highest BCUT2D eigenvalue weighted by atomic mass is 16.2. The Morgan fingerprint density at radius 3 is 2.67 bits per heavy atom. The van der Waals surface area contributed by atoms with Crippen molar-refractivity contribution in [2.24, 2.45) is 0 Å². The summed E-state index contributed by atoms with van der Waals surface area (Å²) in [5, 5.41) is 2.48. The number of aldehydes is 1. The van der Waals surface area contributed by atoms with Gasteiger partial charge in [-0.2, -0.15) is 0 Å². The fourth-order valence-corrected chi connectivity index (χ4v) is 1.20. The van der Waals surface area contributed by atoms with Crippen LogP contribution in [0.2, 0.25) is 0 Å². The molecule has 0 atom stereocenters. The van der Waals surface area contributed by atoms with Gasteiger partial charge in [-0.3, -0.25) is 4.79 Å². The normalized spacial score (nSPS) is 9.40. The average Bonchev–Trinajstić information content (AvgIpc) is 2.27. The zero-order chi connectivity index (χ0) is 11.1. The first-order valence-corrected chi connectivity index (χ1v) is 4.70. The minimum Gasteiger partial charge on any atom is -0.365 e. The molecule has 1 amide bonds. The molecule has 0 aliphatic carbocycles. The van der Waals surface area contributed by atoms with Crippen LogP contribution < -0.4 is 10.2 Å². The molecule has 0 saturated heterocycles. The number of anilines is 1. The molecule has 0 aliphatic heterocycles. The van der Waals surface area contributed by atoms with Gasteiger partial charge in [-0.05, 0) is 12.1 Å². The van der Waals surface area contributed by atoms with Gasteiger partial charge in [0.15, 0.2) is 0 Å². The Balaban J connectivity index is 2.45. The zero-order valence-corrected chi connectivity index (χ0v) is 8.64. The van der Waals surface area contributed by atoms with Crippen LogP contribution in [0.3, 0.4) is 0 Å². The lowest BCUT2D eigenvalue weighted by Crippen LogP contribution is -2.35. The monoisotopic (exact) mass is 206 g/mol. The molecule has 1 aromatic rings. The molecule has 4 heteroatoms. The molecule has 0 bridgehead atoms. The number of amides is 1. The number of nitrogens with one attached hydrogen (secondary N) is 1. The molecule has 1 aromatic carbocycles. The number of benzene rings is 1. The highest BCUT2D eigenvalue weighted by Gasteiger charge is 2.05. The van der Waals surface area contributed by atoms with Gasteiger partial charge in [-0.1, -0.05) is 18.2 Å². The number of carbonyl (C=O) groups is 2. The van der Waals surface area contributed by atoms with E-state index in [4.69, 9.17) is 0 Å². The minimum absolute atomic E-state index is 0.0709. The summed E-state index contributed by atoms with van der Waals surface area (Å²) in [4.78, 5) is 23.1. The Morgan fingerprint density at radius 1 is 1.40 bits per heavy atom. The summed E-state index contributed by atoms with van der Waals surface area (Å²) in [6.45, 7) is 0.319. The van der Waals surface area contributed by atoms with E-state index in [0.29, 0.717) is 6.29 Å². The van der Waals surface area contributed by atoms with Gasteiger partial charge in [-0.15, -0.1) is 0 Å². The van der Waals surface area contributed by atoms with Crippen molar-refractivity contribution in [1.82, 2.24) is 5.32 Å². The van der Waals surface area contributed by atoms with E-state index in [1.54, 1.807) is 0 Å². The molecular weight excluding hydrogens is 192 g/mol. The molecule has 1 rings (SSSR count). The summed E-state index contributed by atoms with van der Waals surface area (Å²) in [6.07, 6.45) is 0.667. The molecule has 0 aromatic heterocycles. The molecule has 1 N–H and O–H groups in total. The Labute approximate surface area is 88.9 Å². The molecule has 4 nitrogen and oxygen atoms in total. The lowest BCUT2D eigenvalue weighted by atomic mass is 10.3. The van der Waals surface area contributed by atoms with Crippen LogP contribution in [-0.2, 0) is 9.59 Å². The molecule has 15 heavy (non-hydrogen) atoms. The third-order valence-corrected chi connectivity index (χ3v) is 1.96. The van der Waals surface area contributed by atoms with Crippen LogP contribution in [0.25, 0.3) is 0 Å². The molecule has 80 valence electrons. The van der Waals surface area contributed by atoms with Crippen molar-refractivity contribution in [1.29, 1.82) is 0 Å². The molecule has 0 spiro atoms. The second kappa shape index (κ2) is 5.80. The van der Waals surface area contributed by atoms with Gasteiger partial charge < -0.3 is 15.0 Å². The van der Waals surface area contributed by atoms with Gasteiger partial charge in [0.25, 0.3) is 0 Å². The Kier molecular flexibility index (Phi) is 4.34. The summed E-state index contributed by atoms with van der Waals surface area (Å²) >= 11 is 0. The Hall–Kier alpha value is -1.84. The fraction of sp³-hybridized carbons (Fsp3) is 0.273. The first kappa shape index (κ1) is 11.2. The standard InChI is InChI=1S/C11H14N2O2/c1-13(9-11(15)12-7-8-14)10-5-3-2-4-6-10/h2-6,8H,7,9H2,1H3,(H,12,15).